The number of rotatable bonds is 4. The number of nitrogens with zero attached hydrogens (tertiary/aromatic N) is 3. The van der Waals surface area contributed by atoms with E-state index in [1.165, 1.54) is 6.42 Å². The van der Waals surface area contributed by atoms with Gasteiger partial charge in [0.05, 0.1) is 5.60 Å². The Morgan fingerprint density at radius 2 is 2.39 bits per heavy atom. The molecule has 0 saturated carbocycles. The molecule has 2 aliphatic heterocycles. The van der Waals surface area contributed by atoms with Crippen LogP contribution in [0.4, 0.5) is 0 Å². The van der Waals surface area contributed by atoms with Crippen molar-refractivity contribution < 1.29 is 5.11 Å². The number of hydrogen-bond acceptors (Lipinski definition) is 3. The smallest absolute Gasteiger partial charge is 0.111 e. The van der Waals surface area contributed by atoms with E-state index < -0.39 is 5.60 Å². The maximum atomic E-state index is 10.9. The number of imidazole rings is 1. The van der Waals surface area contributed by atoms with Gasteiger partial charge in [0.2, 0.25) is 0 Å². The maximum Gasteiger partial charge on any atom is 0.111 e. The Morgan fingerprint density at radius 3 is 3.22 bits per heavy atom. The van der Waals surface area contributed by atoms with Crippen LogP contribution in [0.15, 0.2) is 12.4 Å². The zero-order valence-corrected chi connectivity index (χ0v) is 11.2. The van der Waals surface area contributed by atoms with Crippen LogP contribution in [0.2, 0.25) is 0 Å². The van der Waals surface area contributed by atoms with Crippen LogP contribution in [0.25, 0.3) is 0 Å². The predicted molar refractivity (Wildman–Crippen MR) is 70.4 cm³/mol. The Hall–Kier alpha value is -0.870. The summed E-state index contributed by atoms with van der Waals surface area (Å²) in [4.78, 5) is 6.89. The molecule has 0 amide bonds. The van der Waals surface area contributed by atoms with Crippen LogP contribution in [0.3, 0.4) is 0 Å². The molecule has 2 fully saturated rings. The van der Waals surface area contributed by atoms with E-state index in [4.69, 9.17) is 0 Å². The topological polar surface area (TPSA) is 41.3 Å². The molecule has 0 radical (unpaired) electrons. The van der Waals surface area contributed by atoms with E-state index >= 15 is 0 Å². The fourth-order valence-corrected chi connectivity index (χ4v) is 3.64. The molecule has 2 aliphatic rings. The molecule has 1 N–H and O–H groups in total. The van der Waals surface area contributed by atoms with Crippen LogP contribution in [-0.4, -0.2) is 44.3 Å². The van der Waals surface area contributed by atoms with Gasteiger partial charge in [0.15, 0.2) is 0 Å². The van der Waals surface area contributed by atoms with Crippen LogP contribution in [0.1, 0.15) is 38.4 Å². The second-order valence-corrected chi connectivity index (χ2v) is 5.76. The largest absolute Gasteiger partial charge is 0.388 e. The average molecular weight is 249 g/mol. The highest BCUT2D eigenvalue weighted by molar-refractivity contribution is 5.09. The standard InChI is InChI=1S/C14H23N3O/c1-2-7-17-10-6-15-13(17)11-14(18)5-9-16-8-3-4-12(14)16/h6,10,12,18H,2-5,7-9,11H2,1H3. The summed E-state index contributed by atoms with van der Waals surface area (Å²) in [6, 6.07) is 0.365. The van der Waals surface area contributed by atoms with Gasteiger partial charge < -0.3 is 9.67 Å². The molecule has 0 aromatic carbocycles. The van der Waals surface area contributed by atoms with Crippen LogP contribution in [0.5, 0.6) is 0 Å². The number of aryl methyl sites for hydroxylation is 1. The van der Waals surface area contributed by atoms with E-state index in [2.05, 4.69) is 21.4 Å². The molecule has 0 bridgehead atoms. The molecule has 4 heteroatoms. The van der Waals surface area contributed by atoms with Crippen molar-refractivity contribution in [3.63, 3.8) is 0 Å². The Labute approximate surface area is 109 Å². The molecule has 4 nitrogen and oxygen atoms in total. The SMILES string of the molecule is CCCn1ccnc1CC1(O)CCN2CCCC21. The fourth-order valence-electron chi connectivity index (χ4n) is 3.64. The van der Waals surface area contributed by atoms with Gasteiger partial charge in [-0.05, 0) is 32.2 Å². The average Bonchev–Trinajstić information content (AvgIpc) is 3.01. The monoisotopic (exact) mass is 249 g/mol. The zero-order chi connectivity index (χ0) is 12.6. The van der Waals surface area contributed by atoms with E-state index in [1.807, 2.05) is 12.4 Å². The third-order valence-electron chi connectivity index (χ3n) is 4.55. The normalized spacial score (nSPS) is 32.0. The molecule has 0 spiro atoms. The molecule has 100 valence electrons. The van der Waals surface area contributed by atoms with Crippen molar-refractivity contribution >= 4 is 0 Å². The molecule has 2 unspecified atom stereocenters. The first-order valence-electron chi connectivity index (χ1n) is 7.19. The van der Waals surface area contributed by atoms with Gasteiger partial charge in [-0.2, -0.15) is 0 Å². The van der Waals surface area contributed by atoms with Crippen molar-refractivity contribution in [1.29, 1.82) is 0 Å². The van der Waals surface area contributed by atoms with Gasteiger partial charge in [0.1, 0.15) is 5.82 Å². The summed E-state index contributed by atoms with van der Waals surface area (Å²) in [5.74, 6) is 1.05. The van der Waals surface area contributed by atoms with Crippen molar-refractivity contribution in [3.8, 4) is 0 Å². The second-order valence-electron chi connectivity index (χ2n) is 5.76. The van der Waals surface area contributed by atoms with E-state index in [1.54, 1.807) is 0 Å². The summed E-state index contributed by atoms with van der Waals surface area (Å²) in [5, 5.41) is 10.9. The van der Waals surface area contributed by atoms with Crippen molar-refractivity contribution in [2.24, 2.45) is 0 Å². The molecule has 2 saturated heterocycles. The molecule has 3 rings (SSSR count). The van der Waals surface area contributed by atoms with Crippen molar-refractivity contribution in [2.75, 3.05) is 13.1 Å². The summed E-state index contributed by atoms with van der Waals surface area (Å²) in [6.07, 6.45) is 8.98. The van der Waals surface area contributed by atoms with Gasteiger partial charge in [-0.3, -0.25) is 4.90 Å². The van der Waals surface area contributed by atoms with Crippen LogP contribution >= 0.6 is 0 Å². The van der Waals surface area contributed by atoms with Crippen molar-refractivity contribution in [2.45, 2.75) is 57.2 Å². The minimum absolute atomic E-state index is 0.365. The molecular formula is C14H23N3O. The lowest BCUT2D eigenvalue weighted by atomic mass is 9.89. The summed E-state index contributed by atoms with van der Waals surface area (Å²) in [7, 11) is 0. The zero-order valence-electron chi connectivity index (χ0n) is 11.2. The Bertz CT molecular complexity index is 417. The lowest BCUT2D eigenvalue weighted by Gasteiger charge is -2.29. The Balaban J connectivity index is 1.77. The highest BCUT2D eigenvalue weighted by Gasteiger charge is 2.48. The molecular weight excluding hydrogens is 226 g/mol. The van der Waals surface area contributed by atoms with Crippen molar-refractivity contribution in [3.05, 3.63) is 18.2 Å². The Morgan fingerprint density at radius 1 is 1.50 bits per heavy atom. The van der Waals surface area contributed by atoms with E-state index in [0.717, 1.165) is 44.7 Å². The number of hydrogen-bond donors (Lipinski definition) is 1. The number of fused-ring (bicyclic) bond motifs is 1. The van der Waals surface area contributed by atoms with Crippen LogP contribution < -0.4 is 0 Å². The third-order valence-corrected chi connectivity index (χ3v) is 4.55. The van der Waals surface area contributed by atoms with Crippen LogP contribution in [-0.2, 0) is 13.0 Å². The summed E-state index contributed by atoms with van der Waals surface area (Å²) in [6.45, 7) is 5.39. The molecule has 18 heavy (non-hydrogen) atoms. The van der Waals surface area contributed by atoms with E-state index in [0.29, 0.717) is 12.5 Å². The van der Waals surface area contributed by atoms with Crippen LogP contribution in [0, 0.1) is 0 Å². The third kappa shape index (κ3) is 1.97. The van der Waals surface area contributed by atoms with E-state index in [9.17, 15) is 5.11 Å². The minimum atomic E-state index is -0.548. The maximum absolute atomic E-state index is 10.9. The summed E-state index contributed by atoms with van der Waals surface area (Å²) >= 11 is 0. The lowest BCUT2D eigenvalue weighted by Crippen LogP contribution is -2.43. The molecule has 1 aromatic heterocycles. The Kier molecular flexibility index (Phi) is 3.16. The minimum Gasteiger partial charge on any atom is -0.388 e. The summed E-state index contributed by atoms with van der Waals surface area (Å²) in [5.41, 5.74) is -0.548. The van der Waals surface area contributed by atoms with E-state index in [-0.39, 0.29) is 0 Å². The quantitative estimate of drug-likeness (QED) is 0.878. The first kappa shape index (κ1) is 12.2. The summed E-state index contributed by atoms with van der Waals surface area (Å²) < 4.78 is 2.19. The van der Waals surface area contributed by atoms with Gasteiger partial charge in [-0.25, -0.2) is 4.98 Å². The van der Waals surface area contributed by atoms with Gasteiger partial charge in [-0.15, -0.1) is 0 Å². The highest BCUT2D eigenvalue weighted by atomic mass is 16.3. The van der Waals surface area contributed by atoms with Crippen molar-refractivity contribution in [1.82, 2.24) is 14.5 Å². The fraction of sp³-hybridized carbons (Fsp3) is 0.786. The molecule has 0 aliphatic carbocycles. The molecule has 2 atom stereocenters. The molecule has 1 aromatic rings. The first-order chi connectivity index (χ1) is 8.73. The lowest BCUT2D eigenvalue weighted by molar-refractivity contribution is 0.0116. The predicted octanol–water partition coefficient (Wildman–Crippen LogP) is 1.43. The highest BCUT2D eigenvalue weighted by Crippen LogP contribution is 2.37. The van der Waals surface area contributed by atoms with Gasteiger partial charge in [0.25, 0.3) is 0 Å². The first-order valence-corrected chi connectivity index (χ1v) is 7.19. The number of aromatic nitrogens is 2. The van der Waals surface area contributed by atoms with Gasteiger partial charge in [0, 0.05) is 37.9 Å². The van der Waals surface area contributed by atoms with Gasteiger partial charge >= 0.3 is 0 Å². The number of aliphatic hydroxyl groups is 1. The molecule has 3 heterocycles. The van der Waals surface area contributed by atoms with Gasteiger partial charge in [-0.1, -0.05) is 6.92 Å². The second kappa shape index (κ2) is 4.67.